The molecule has 20 heavy (non-hydrogen) atoms. The van der Waals surface area contributed by atoms with E-state index in [0.717, 1.165) is 28.7 Å². The molecule has 1 N–H and O–H groups in total. The molecule has 1 heterocycles. The predicted octanol–water partition coefficient (Wildman–Crippen LogP) is 3.12. The van der Waals surface area contributed by atoms with Gasteiger partial charge >= 0.3 is 0 Å². The van der Waals surface area contributed by atoms with Gasteiger partial charge < -0.3 is 0 Å². The Balaban J connectivity index is 2.39. The number of rotatable bonds is 4. The summed E-state index contributed by atoms with van der Waals surface area (Å²) in [4.78, 5) is 0.935. The van der Waals surface area contributed by atoms with Crippen LogP contribution in [0.1, 0.15) is 17.4 Å². The van der Waals surface area contributed by atoms with E-state index in [1.54, 1.807) is 12.1 Å². The van der Waals surface area contributed by atoms with Crippen LogP contribution in [0.3, 0.4) is 0 Å². The lowest BCUT2D eigenvalue weighted by Gasteiger charge is -2.08. The summed E-state index contributed by atoms with van der Waals surface area (Å²) in [7, 11) is -3.80. The molecule has 4 nitrogen and oxygen atoms in total. The summed E-state index contributed by atoms with van der Waals surface area (Å²) >= 11 is 1.15. The molecule has 0 aliphatic heterocycles. The normalized spacial score (nSPS) is 11.1. The van der Waals surface area contributed by atoms with Gasteiger partial charge in [0.05, 0.1) is 5.69 Å². The molecule has 104 valence electrons. The molecule has 0 spiro atoms. The van der Waals surface area contributed by atoms with Crippen LogP contribution >= 0.6 is 11.3 Å². The van der Waals surface area contributed by atoms with Gasteiger partial charge in [0.25, 0.3) is 10.0 Å². The molecular formula is C13H11FN2O2S2. The summed E-state index contributed by atoms with van der Waals surface area (Å²) in [5.74, 6) is -0.756. The molecular weight excluding hydrogens is 299 g/mol. The fourth-order valence-corrected chi connectivity index (χ4v) is 3.98. The Bertz CT molecular complexity index is 776. The minimum Gasteiger partial charge on any atom is -0.278 e. The van der Waals surface area contributed by atoms with E-state index in [1.807, 2.05) is 6.92 Å². The molecule has 0 saturated heterocycles. The van der Waals surface area contributed by atoms with Crippen LogP contribution in [0.25, 0.3) is 0 Å². The zero-order valence-corrected chi connectivity index (χ0v) is 12.2. The van der Waals surface area contributed by atoms with E-state index < -0.39 is 15.8 Å². The van der Waals surface area contributed by atoms with Gasteiger partial charge in [-0.05, 0) is 30.7 Å². The molecule has 0 amide bonds. The first-order valence-corrected chi connectivity index (χ1v) is 8.08. The van der Waals surface area contributed by atoms with E-state index >= 15 is 0 Å². The second-order valence-corrected chi connectivity index (χ2v) is 7.03. The lowest BCUT2D eigenvalue weighted by atomic mass is 10.2. The van der Waals surface area contributed by atoms with Crippen molar-refractivity contribution in [2.75, 3.05) is 4.72 Å². The molecule has 0 radical (unpaired) electrons. The molecule has 7 heteroatoms. The van der Waals surface area contributed by atoms with Gasteiger partial charge in [-0.25, -0.2) is 12.8 Å². The first-order valence-electron chi connectivity index (χ1n) is 5.78. The Hall–Kier alpha value is -1.91. The first-order chi connectivity index (χ1) is 9.47. The van der Waals surface area contributed by atoms with Crippen molar-refractivity contribution in [2.24, 2.45) is 0 Å². The molecule has 0 fully saturated rings. The maximum Gasteiger partial charge on any atom is 0.271 e. The minimum absolute atomic E-state index is 0.0565. The second kappa shape index (κ2) is 5.61. The smallest absolute Gasteiger partial charge is 0.271 e. The minimum atomic E-state index is -3.80. The van der Waals surface area contributed by atoms with Crippen LogP contribution < -0.4 is 4.72 Å². The standard InChI is InChI=1S/C13H11FN2O2S2/c1-2-9-6-7-13(19-9)20(17,18)16-12-5-3-4-11(14)10(12)8-15/h3-7,16H,2H2,1H3. The Morgan fingerprint density at radius 3 is 2.70 bits per heavy atom. The predicted molar refractivity (Wildman–Crippen MR) is 75.6 cm³/mol. The molecule has 2 aromatic rings. The van der Waals surface area contributed by atoms with Crippen molar-refractivity contribution in [3.63, 3.8) is 0 Å². The van der Waals surface area contributed by atoms with E-state index in [4.69, 9.17) is 5.26 Å². The second-order valence-electron chi connectivity index (χ2n) is 3.95. The van der Waals surface area contributed by atoms with Gasteiger partial charge in [-0.15, -0.1) is 11.3 Å². The Morgan fingerprint density at radius 2 is 2.10 bits per heavy atom. The van der Waals surface area contributed by atoms with Gasteiger partial charge in [-0.2, -0.15) is 5.26 Å². The highest BCUT2D eigenvalue weighted by Gasteiger charge is 2.19. The molecule has 2 rings (SSSR count). The summed E-state index contributed by atoms with van der Waals surface area (Å²) in [6, 6.07) is 8.69. The number of anilines is 1. The van der Waals surface area contributed by atoms with Crippen LogP contribution in [0.2, 0.25) is 0 Å². The van der Waals surface area contributed by atoms with Crippen LogP contribution in [0, 0.1) is 17.1 Å². The molecule has 1 aromatic carbocycles. The number of nitrogens with one attached hydrogen (secondary N) is 1. The van der Waals surface area contributed by atoms with E-state index in [0.29, 0.717) is 0 Å². The van der Waals surface area contributed by atoms with Crippen molar-refractivity contribution < 1.29 is 12.8 Å². The van der Waals surface area contributed by atoms with Crippen LogP contribution in [0.15, 0.2) is 34.5 Å². The van der Waals surface area contributed by atoms with Crippen molar-refractivity contribution in [3.05, 3.63) is 46.6 Å². The fourth-order valence-electron chi connectivity index (χ4n) is 1.61. The lowest BCUT2D eigenvalue weighted by Crippen LogP contribution is -2.12. The highest BCUT2D eigenvalue weighted by Crippen LogP contribution is 2.26. The highest BCUT2D eigenvalue weighted by molar-refractivity contribution is 7.94. The summed E-state index contributed by atoms with van der Waals surface area (Å²) in [5.41, 5.74) is -0.373. The zero-order valence-electron chi connectivity index (χ0n) is 10.6. The van der Waals surface area contributed by atoms with Crippen molar-refractivity contribution in [3.8, 4) is 6.07 Å². The van der Waals surface area contributed by atoms with Gasteiger partial charge in [-0.3, -0.25) is 4.72 Å². The zero-order chi connectivity index (χ0) is 14.8. The number of thiophene rings is 1. The number of hydrogen-bond donors (Lipinski definition) is 1. The van der Waals surface area contributed by atoms with Gasteiger partial charge in [0.1, 0.15) is 21.7 Å². The Kier molecular flexibility index (Phi) is 4.06. The maximum absolute atomic E-state index is 13.4. The monoisotopic (exact) mass is 310 g/mol. The summed E-state index contributed by atoms with van der Waals surface area (Å²) in [6.07, 6.45) is 0.740. The van der Waals surface area contributed by atoms with Gasteiger partial charge in [-0.1, -0.05) is 13.0 Å². The summed E-state index contributed by atoms with van der Waals surface area (Å²) in [6.45, 7) is 1.93. The molecule has 0 aliphatic carbocycles. The number of nitrogens with zero attached hydrogens (tertiary/aromatic N) is 1. The Morgan fingerprint density at radius 1 is 1.35 bits per heavy atom. The van der Waals surface area contributed by atoms with Crippen molar-refractivity contribution in [2.45, 2.75) is 17.6 Å². The molecule has 1 aromatic heterocycles. The molecule has 0 unspecified atom stereocenters. The summed E-state index contributed by atoms with van der Waals surface area (Å²) in [5, 5.41) is 8.89. The fraction of sp³-hybridized carbons (Fsp3) is 0.154. The number of nitriles is 1. The van der Waals surface area contributed by atoms with Gasteiger partial charge in [0.15, 0.2) is 0 Å². The van der Waals surface area contributed by atoms with Crippen molar-refractivity contribution >= 4 is 27.0 Å². The number of aryl methyl sites for hydroxylation is 1. The van der Waals surface area contributed by atoms with Gasteiger partial charge in [0.2, 0.25) is 0 Å². The van der Waals surface area contributed by atoms with Crippen molar-refractivity contribution in [1.82, 2.24) is 0 Å². The van der Waals surface area contributed by atoms with E-state index in [1.165, 1.54) is 18.2 Å². The number of hydrogen-bond acceptors (Lipinski definition) is 4. The summed E-state index contributed by atoms with van der Waals surface area (Å²) < 4.78 is 40.2. The van der Waals surface area contributed by atoms with Gasteiger partial charge in [0, 0.05) is 4.88 Å². The third-order valence-corrected chi connectivity index (χ3v) is 5.71. The first kappa shape index (κ1) is 14.5. The number of halogens is 1. The topological polar surface area (TPSA) is 70.0 Å². The molecule has 0 atom stereocenters. The van der Waals surface area contributed by atoms with Crippen LogP contribution in [0.5, 0.6) is 0 Å². The SMILES string of the molecule is CCc1ccc(S(=O)(=O)Nc2cccc(F)c2C#N)s1. The largest absolute Gasteiger partial charge is 0.278 e. The van der Waals surface area contributed by atoms with Crippen LogP contribution in [-0.2, 0) is 16.4 Å². The van der Waals surface area contributed by atoms with E-state index in [9.17, 15) is 12.8 Å². The van der Waals surface area contributed by atoms with Crippen LogP contribution in [-0.4, -0.2) is 8.42 Å². The van der Waals surface area contributed by atoms with E-state index in [-0.39, 0.29) is 15.5 Å². The third kappa shape index (κ3) is 2.81. The molecule has 0 saturated carbocycles. The maximum atomic E-state index is 13.4. The number of benzene rings is 1. The van der Waals surface area contributed by atoms with E-state index in [2.05, 4.69) is 4.72 Å². The number of sulfonamides is 1. The van der Waals surface area contributed by atoms with Crippen LogP contribution in [0.4, 0.5) is 10.1 Å². The molecule has 0 bridgehead atoms. The average molecular weight is 310 g/mol. The quantitative estimate of drug-likeness (QED) is 0.943. The highest BCUT2D eigenvalue weighted by atomic mass is 32.2. The molecule has 0 aliphatic rings. The Labute approximate surface area is 120 Å². The average Bonchev–Trinajstić information content (AvgIpc) is 2.88. The third-order valence-electron chi connectivity index (χ3n) is 2.62. The lowest BCUT2D eigenvalue weighted by molar-refractivity contribution is 0.603. The van der Waals surface area contributed by atoms with Crippen molar-refractivity contribution in [1.29, 1.82) is 5.26 Å².